The van der Waals surface area contributed by atoms with E-state index >= 15 is 0 Å². The number of benzene rings is 2. The summed E-state index contributed by atoms with van der Waals surface area (Å²) in [5.74, 6) is 0.860. The summed E-state index contributed by atoms with van der Waals surface area (Å²) < 4.78 is 6.31. The maximum atomic E-state index is 9.46. The van der Waals surface area contributed by atoms with Crippen LogP contribution in [0.25, 0.3) is 11.1 Å². The van der Waals surface area contributed by atoms with Crippen LogP contribution >= 0.6 is 0 Å². The molecule has 2 aromatic carbocycles. The molecule has 3 rings (SSSR count). The molecular formula is C19H23N3O2. The van der Waals surface area contributed by atoms with Crippen molar-refractivity contribution in [2.75, 3.05) is 18.8 Å². The minimum atomic E-state index is -0.261. The zero-order valence-electron chi connectivity index (χ0n) is 13.8. The van der Waals surface area contributed by atoms with E-state index in [1.807, 2.05) is 24.3 Å². The Morgan fingerprint density at radius 1 is 1.17 bits per heavy atom. The molecule has 0 amide bonds. The van der Waals surface area contributed by atoms with Crippen molar-refractivity contribution in [2.45, 2.75) is 25.4 Å². The maximum absolute atomic E-state index is 9.46. The molecule has 126 valence electrons. The second-order valence-corrected chi connectivity index (χ2v) is 6.47. The summed E-state index contributed by atoms with van der Waals surface area (Å²) in [5.41, 5.74) is 8.87. The quantitative estimate of drug-likeness (QED) is 0.513. The first-order chi connectivity index (χ1) is 11.5. The van der Waals surface area contributed by atoms with Crippen LogP contribution in [0, 0.1) is 5.41 Å². The number of hydrogen-bond acceptors (Lipinski definition) is 5. The predicted octanol–water partition coefficient (Wildman–Crippen LogP) is 3.16. The zero-order chi connectivity index (χ0) is 17.2. The predicted molar refractivity (Wildman–Crippen MR) is 97.0 cm³/mol. The smallest absolute Gasteiger partial charge is 0.131 e. The number of rotatable bonds is 4. The van der Waals surface area contributed by atoms with Gasteiger partial charge >= 0.3 is 0 Å². The van der Waals surface area contributed by atoms with Gasteiger partial charge in [0, 0.05) is 11.9 Å². The molecule has 1 fully saturated rings. The van der Waals surface area contributed by atoms with Gasteiger partial charge in [-0.15, -0.1) is 0 Å². The van der Waals surface area contributed by atoms with Gasteiger partial charge in [-0.05, 0) is 68.2 Å². The first kappa shape index (κ1) is 16.3. The highest BCUT2D eigenvalue weighted by atomic mass is 16.5. The van der Waals surface area contributed by atoms with Gasteiger partial charge in [-0.1, -0.05) is 12.1 Å². The van der Waals surface area contributed by atoms with Gasteiger partial charge in [0.05, 0.1) is 5.56 Å². The molecule has 1 heterocycles. The largest absolute Gasteiger partial charge is 0.508 e. The SMILES string of the molecule is CC1(Oc2cc(-c3ccc(O)cc3)cc(N)c2C=N)CCNCC1. The Hall–Kier alpha value is -2.53. The van der Waals surface area contributed by atoms with Gasteiger partial charge in [-0.2, -0.15) is 0 Å². The van der Waals surface area contributed by atoms with Crippen LogP contribution in [0.15, 0.2) is 36.4 Å². The van der Waals surface area contributed by atoms with Gasteiger partial charge in [0.15, 0.2) is 0 Å². The molecule has 0 spiro atoms. The lowest BCUT2D eigenvalue weighted by atomic mass is 9.94. The van der Waals surface area contributed by atoms with E-state index in [1.165, 1.54) is 6.21 Å². The summed E-state index contributed by atoms with van der Waals surface area (Å²) in [5, 5.41) is 20.5. The average molecular weight is 325 g/mol. The molecule has 0 radical (unpaired) electrons. The number of nitrogen functional groups attached to an aromatic ring is 1. The highest BCUT2D eigenvalue weighted by Gasteiger charge is 2.29. The molecule has 0 saturated carbocycles. The van der Waals surface area contributed by atoms with E-state index < -0.39 is 0 Å². The lowest BCUT2D eigenvalue weighted by Crippen LogP contribution is -2.44. The molecule has 1 aliphatic heterocycles. The third kappa shape index (κ3) is 3.36. The first-order valence-electron chi connectivity index (χ1n) is 8.14. The Kier molecular flexibility index (Phi) is 4.44. The van der Waals surface area contributed by atoms with Crippen LogP contribution in [-0.4, -0.2) is 30.0 Å². The van der Waals surface area contributed by atoms with Crippen molar-refractivity contribution in [3.63, 3.8) is 0 Å². The molecule has 0 atom stereocenters. The van der Waals surface area contributed by atoms with Gasteiger partial charge in [0.2, 0.25) is 0 Å². The fourth-order valence-electron chi connectivity index (χ4n) is 3.03. The van der Waals surface area contributed by atoms with Crippen molar-refractivity contribution in [3.05, 3.63) is 42.0 Å². The molecule has 5 nitrogen and oxygen atoms in total. The number of phenolic OH excluding ortho intramolecular Hbond substituents is 1. The number of ether oxygens (including phenoxy) is 1. The van der Waals surface area contributed by atoms with E-state index in [0.29, 0.717) is 17.0 Å². The number of aromatic hydroxyl groups is 1. The van der Waals surface area contributed by atoms with Crippen molar-refractivity contribution < 1.29 is 9.84 Å². The monoisotopic (exact) mass is 325 g/mol. The number of piperidine rings is 1. The highest BCUT2D eigenvalue weighted by Crippen LogP contribution is 2.35. The summed E-state index contributed by atoms with van der Waals surface area (Å²) >= 11 is 0. The Labute approximate surface area is 142 Å². The third-order valence-electron chi connectivity index (χ3n) is 4.54. The summed E-state index contributed by atoms with van der Waals surface area (Å²) in [6, 6.07) is 10.7. The second kappa shape index (κ2) is 6.53. The van der Waals surface area contributed by atoms with Crippen LogP contribution in [0.2, 0.25) is 0 Å². The molecular weight excluding hydrogens is 302 g/mol. The van der Waals surface area contributed by atoms with Gasteiger partial charge < -0.3 is 26.3 Å². The average Bonchev–Trinajstić information content (AvgIpc) is 2.55. The number of phenols is 1. The fourth-order valence-corrected chi connectivity index (χ4v) is 3.03. The van der Waals surface area contributed by atoms with E-state index in [-0.39, 0.29) is 11.4 Å². The summed E-state index contributed by atoms with van der Waals surface area (Å²) in [7, 11) is 0. The minimum absolute atomic E-state index is 0.224. The molecule has 0 bridgehead atoms. The molecule has 2 aromatic rings. The number of nitrogens with one attached hydrogen (secondary N) is 2. The molecule has 0 unspecified atom stereocenters. The van der Waals surface area contributed by atoms with Crippen molar-refractivity contribution in [1.82, 2.24) is 5.32 Å². The van der Waals surface area contributed by atoms with E-state index in [1.54, 1.807) is 12.1 Å². The highest BCUT2D eigenvalue weighted by molar-refractivity contribution is 5.91. The van der Waals surface area contributed by atoms with Crippen LogP contribution < -0.4 is 15.8 Å². The van der Waals surface area contributed by atoms with Crippen LogP contribution in [0.3, 0.4) is 0 Å². The lowest BCUT2D eigenvalue weighted by Gasteiger charge is -2.35. The van der Waals surface area contributed by atoms with Gasteiger partial charge in [0.1, 0.15) is 17.1 Å². The topological polar surface area (TPSA) is 91.4 Å². The molecule has 5 heteroatoms. The zero-order valence-corrected chi connectivity index (χ0v) is 13.8. The van der Waals surface area contributed by atoms with Crippen molar-refractivity contribution >= 4 is 11.9 Å². The fraction of sp³-hybridized carbons (Fsp3) is 0.316. The van der Waals surface area contributed by atoms with Gasteiger partial charge in [-0.25, -0.2) is 0 Å². The molecule has 5 N–H and O–H groups in total. The van der Waals surface area contributed by atoms with Crippen molar-refractivity contribution in [2.24, 2.45) is 0 Å². The lowest BCUT2D eigenvalue weighted by molar-refractivity contribution is 0.0556. The second-order valence-electron chi connectivity index (χ2n) is 6.47. The van der Waals surface area contributed by atoms with Crippen molar-refractivity contribution in [1.29, 1.82) is 5.41 Å². The normalized spacial score (nSPS) is 16.5. The number of anilines is 1. The van der Waals surface area contributed by atoms with E-state index in [9.17, 15) is 5.11 Å². The van der Waals surface area contributed by atoms with Crippen LogP contribution in [0.4, 0.5) is 5.69 Å². The number of nitrogens with two attached hydrogens (primary N) is 1. The van der Waals surface area contributed by atoms with E-state index in [0.717, 1.165) is 37.1 Å². The molecule has 0 aliphatic carbocycles. The van der Waals surface area contributed by atoms with E-state index in [4.69, 9.17) is 15.9 Å². The summed E-state index contributed by atoms with van der Waals surface area (Å²) in [4.78, 5) is 0. The Bertz CT molecular complexity index is 735. The minimum Gasteiger partial charge on any atom is -0.508 e. The third-order valence-corrected chi connectivity index (χ3v) is 4.54. The standard InChI is InChI=1S/C19H23N3O2/c1-19(6-8-22-9-7-19)24-18-11-14(10-17(21)16(18)12-20)13-2-4-15(23)5-3-13/h2-5,10-12,20,22-23H,6-9,21H2,1H3. The van der Waals surface area contributed by atoms with Crippen LogP contribution in [-0.2, 0) is 0 Å². The maximum Gasteiger partial charge on any atom is 0.131 e. The Morgan fingerprint density at radius 2 is 1.83 bits per heavy atom. The summed E-state index contributed by atoms with van der Waals surface area (Å²) in [6.07, 6.45) is 3.07. The van der Waals surface area contributed by atoms with Crippen molar-refractivity contribution in [3.8, 4) is 22.6 Å². The van der Waals surface area contributed by atoms with E-state index in [2.05, 4.69) is 12.2 Å². The Morgan fingerprint density at radius 3 is 2.46 bits per heavy atom. The van der Waals surface area contributed by atoms with Crippen LogP contribution in [0.5, 0.6) is 11.5 Å². The molecule has 0 aromatic heterocycles. The van der Waals surface area contributed by atoms with Gasteiger partial charge in [0.25, 0.3) is 0 Å². The summed E-state index contributed by atoms with van der Waals surface area (Å²) in [6.45, 7) is 3.94. The number of hydrogen-bond donors (Lipinski definition) is 4. The van der Waals surface area contributed by atoms with Crippen LogP contribution in [0.1, 0.15) is 25.3 Å². The first-order valence-corrected chi connectivity index (χ1v) is 8.14. The molecule has 24 heavy (non-hydrogen) atoms. The van der Waals surface area contributed by atoms with Gasteiger partial charge in [-0.3, -0.25) is 0 Å². The molecule has 1 saturated heterocycles. The molecule has 1 aliphatic rings. The Balaban J connectivity index is 2.00.